The summed E-state index contributed by atoms with van der Waals surface area (Å²) in [7, 11) is 0. The van der Waals surface area contributed by atoms with Gasteiger partial charge in [0.2, 0.25) is 0 Å². The Morgan fingerprint density at radius 3 is 1.31 bits per heavy atom. The first kappa shape index (κ1) is 21.8. The molecule has 2 aromatic carbocycles. The van der Waals surface area contributed by atoms with E-state index < -0.39 is 11.9 Å². The second-order valence-corrected chi connectivity index (χ2v) is 5.95. The molecule has 2 rings (SSSR count). The fourth-order valence-corrected chi connectivity index (χ4v) is 2.28. The lowest BCUT2D eigenvalue weighted by molar-refractivity contribution is -0.129. The summed E-state index contributed by atoms with van der Waals surface area (Å²) in [4.78, 5) is 22.2. The molecule has 6 heteroatoms. The highest BCUT2D eigenvalue weighted by Gasteiger charge is 2.02. The quantitative estimate of drug-likeness (QED) is 0.228. The fourth-order valence-electron chi connectivity index (χ4n) is 2.28. The Morgan fingerprint density at radius 2 is 0.966 bits per heavy atom. The number of esters is 2. The van der Waals surface area contributed by atoms with Crippen LogP contribution in [0.2, 0.25) is 0 Å². The van der Waals surface area contributed by atoms with Crippen molar-refractivity contribution in [3.63, 3.8) is 0 Å². The third kappa shape index (κ3) is 8.34. The largest absolute Gasteiger partial charge is 0.494 e. The van der Waals surface area contributed by atoms with Crippen LogP contribution < -0.4 is 18.9 Å². The number of benzene rings is 2. The maximum Gasteiger partial charge on any atom is 0.335 e. The van der Waals surface area contributed by atoms with Crippen molar-refractivity contribution in [3.8, 4) is 23.0 Å². The third-order valence-electron chi connectivity index (χ3n) is 3.74. The summed E-state index contributed by atoms with van der Waals surface area (Å²) in [6, 6.07) is 13.7. The number of carbonyl (C=O) groups excluding carboxylic acids is 2. The second-order valence-electron chi connectivity index (χ2n) is 5.95. The molecular formula is C23H24O6. The van der Waals surface area contributed by atoms with Gasteiger partial charge < -0.3 is 18.9 Å². The topological polar surface area (TPSA) is 71.1 Å². The summed E-state index contributed by atoms with van der Waals surface area (Å²) in [5.74, 6) is 1.35. The SMILES string of the molecule is C=CC(=O)Oc1ccc(OCCCCCOc2ccc(OC(=O)C=C)cc2)cc1. The van der Waals surface area contributed by atoms with Crippen molar-refractivity contribution in [1.82, 2.24) is 0 Å². The number of unbranched alkanes of at least 4 members (excludes halogenated alkanes) is 2. The Bertz CT molecular complexity index is 739. The highest BCUT2D eigenvalue weighted by atomic mass is 16.5. The van der Waals surface area contributed by atoms with Crippen molar-refractivity contribution >= 4 is 11.9 Å². The predicted octanol–water partition coefficient (Wildman–Crippen LogP) is 4.50. The highest BCUT2D eigenvalue weighted by molar-refractivity contribution is 5.83. The van der Waals surface area contributed by atoms with Crippen molar-refractivity contribution in [2.24, 2.45) is 0 Å². The molecule has 0 bridgehead atoms. The molecule has 0 saturated heterocycles. The van der Waals surface area contributed by atoms with Crippen LogP contribution in [0.4, 0.5) is 0 Å². The zero-order chi connectivity index (χ0) is 20.9. The van der Waals surface area contributed by atoms with Crippen LogP contribution in [0, 0.1) is 0 Å². The lowest BCUT2D eigenvalue weighted by atomic mass is 10.2. The van der Waals surface area contributed by atoms with Crippen molar-refractivity contribution in [2.45, 2.75) is 19.3 Å². The van der Waals surface area contributed by atoms with Gasteiger partial charge in [-0.25, -0.2) is 9.59 Å². The Balaban J connectivity index is 1.57. The first-order valence-electron chi connectivity index (χ1n) is 9.25. The molecule has 0 aliphatic rings. The Hall–Kier alpha value is -3.54. The van der Waals surface area contributed by atoms with Gasteiger partial charge in [-0.05, 0) is 67.8 Å². The van der Waals surface area contributed by atoms with Crippen LogP contribution in [0.15, 0.2) is 73.8 Å². The van der Waals surface area contributed by atoms with E-state index in [1.807, 2.05) is 0 Å². The number of hydrogen-bond acceptors (Lipinski definition) is 6. The van der Waals surface area contributed by atoms with E-state index in [1.54, 1.807) is 48.5 Å². The zero-order valence-electron chi connectivity index (χ0n) is 16.2. The normalized spacial score (nSPS) is 9.93. The molecule has 0 aliphatic carbocycles. The molecule has 2 aromatic rings. The minimum Gasteiger partial charge on any atom is -0.494 e. The van der Waals surface area contributed by atoms with E-state index in [0.717, 1.165) is 42.9 Å². The summed E-state index contributed by atoms with van der Waals surface area (Å²) in [6.45, 7) is 7.89. The van der Waals surface area contributed by atoms with Crippen LogP contribution in [0.3, 0.4) is 0 Å². The zero-order valence-corrected chi connectivity index (χ0v) is 16.2. The van der Waals surface area contributed by atoms with E-state index in [0.29, 0.717) is 24.7 Å². The van der Waals surface area contributed by atoms with Gasteiger partial charge in [0.1, 0.15) is 23.0 Å². The molecule has 152 valence electrons. The smallest absolute Gasteiger partial charge is 0.335 e. The van der Waals surface area contributed by atoms with E-state index >= 15 is 0 Å². The Morgan fingerprint density at radius 1 is 0.621 bits per heavy atom. The van der Waals surface area contributed by atoms with E-state index in [4.69, 9.17) is 18.9 Å². The maximum atomic E-state index is 11.1. The molecule has 6 nitrogen and oxygen atoms in total. The van der Waals surface area contributed by atoms with Crippen LogP contribution >= 0.6 is 0 Å². The average Bonchev–Trinajstić information content (AvgIpc) is 2.75. The molecule has 0 spiro atoms. The summed E-state index contributed by atoms with van der Waals surface area (Å²) < 4.78 is 21.3. The minimum absolute atomic E-state index is 0.450. The number of carbonyl (C=O) groups is 2. The first-order valence-corrected chi connectivity index (χ1v) is 9.25. The Labute approximate surface area is 170 Å². The van der Waals surface area contributed by atoms with Crippen LogP contribution in [-0.4, -0.2) is 25.2 Å². The predicted molar refractivity (Wildman–Crippen MR) is 109 cm³/mol. The average molecular weight is 396 g/mol. The number of hydrogen-bond donors (Lipinski definition) is 0. The molecule has 0 aromatic heterocycles. The summed E-state index contributed by atoms with van der Waals surface area (Å²) in [5, 5.41) is 0. The molecule has 0 radical (unpaired) electrons. The van der Waals surface area contributed by atoms with Gasteiger partial charge in [-0.1, -0.05) is 13.2 Å². The lowest BCUT2D eigenvalue weighted by Gasteiger charge is -2.08. The van der Waals surface area contributed by atoms with E-state index in [2.05, 4.69) is 13.2 Å². The molecule has 0 atom stereocenters. The van der Waals surface area contributed by atoms with Crippen LogP contribution in [0.5, 0.6) is 23.0 Å². The third-order valence-corrected chi connectivity index (χ3v) is 3.74. The van der Waals surface area contributed by atoms with Gasteiger partial charge in [-0.2, -0.15) is 0 Å². The maximum absolute atomic E-state index is 11.1. The summed E-state index contributed by atoms with van der Waals surface area (Å²) >= 11 is 0. The highest BCUT2D eigenvalue weighted by Crippen LogP contribution is 2.19. The molecule has 0 amide bonds. The molecule has 0 saturated carbocycles. The van der Waals surface area contributed by atoms with Crippen molar-refractivity contribution in [2.75, 3.05) is 13.2 Å². The number of rotatable bonds is 12. The molecule has 0 heterocycles. The summed E-state index contributed by atoms with van der Waals surface area (Å²) in [5.41, 5.74) is 0. The van der Waals surface area contributed by atoms with E-state index in [1.165, 1.54) is 0 Å². The standard InChI is InChI=1S/C23H24O6/c1-3-22(24)28-20-12-8-18(9-13-20)26-16-6-5-7-17-27-19-10-14-21(15-11-19)29-23(25)4-2/h3-4,8-15H,1-2,5-7,16-17H2. The van der Waals surface area contributed by atoms with Gasteiger partial charge in [-0.3, -0.25) is 0 Å². The Kier molecular flexibility index (Phi) is 9.02. The van der Waals surface area contributed by atoms with Gasteiger partial charge >= 0.3 is 11.9 Å². The fraction of sp³-hybridized carbons (Fsp3) is 0.217. The minimum atomic E-state index is -0.493. The van der Waals surface area contributed by atoms with Crippen molar-refractivity contribution in [1.29, 1.82) is 0 Å². The lowest BCUT2D eigenvalue weighted by Crippen LogP contribution is -2.03. The summed E-state index contributed by atoms with van der Waals surface area (Å²) in [6.07, 6.45) is 4.98. The van der Waals surface area contributed by atoms with Crippen LogP contribution in [-0.2, 0) is 9.59 Å². The molecule has 0 N–H and O–H groups in total. The van der Waals surface area contributed by atoms with Gasteiger partial charge in [0.05, 0.1) is 13.2 Å². The van der Waals surface area contributed by atoms with Crippen molar-refractivity contribution < 1.29 is 28.5 Å². The molecule has 29 heavy (non-hydrogen) atoms. The molecule has 0 aliphatic heterocycles. The molecule has 0 unspecified atom stereocenters. The van der Waals surface area contributed by atoms with Crippen LogP contribution in [0.1, 0.15) is 19.3 Å². The van der Waals surface area contributed by atoms with Gasteiger partial charge in [0.25, 0.3) is 0 Å². The van der Waals surface area contributed by atoms with Crippen molar-refractivity contribution in [3.05, 3.63) is 73.8 Å². The van der Waals surface area contributed by atoms with Gasteiger partial charge in [-0.15, -0.1) is 0 Å². The van der Waals surface area contributed by atoms with Gasteiger partial charge in [0.15, 0.2) is 0 Å². The van der Waals surface area contributed by atoms with Gasteiger partial charge in [0, 0.05) is 12.2 Å². The molecular weight excluding hydrogens is 372 g/mol. The monoisotopic (exact) mass is 396 g/mol. The van der Waals surface area contributed by atoms with E-state index in [9.17, 15) is 9.59 Å². The molecule has 0 fully saturated rings. The van der Waals surface area contributed by atoms with E-state index in [-0.39, 0.29) is 0 Å². The number of ether oxygens (including phenoxy) is 4. The first-order chi connectivity index (χ1) is 14.1. The van der Waals surface area contributed by atoms with Crippen LogP contribution in [0.25, 0.3) is 0 Å². The second kappa shape index (κ2) is 12.0.